The van der Waals surface area contributed by atoms with Gasteiger partial charge in [0.2, 0.25) is 0 Å². The first kappa shape index (κ1) is 106. The highest BCUT2D eigenvalue weighted by atomic mass is 28.5. The summed E-state index contributed by atoms with van der Waals surface area (Å²) in [7, 11) is -40.2. The average Bonchev–Trinajstić information content (AvgIpc) is 0.797. The van der Waals surface area contributed by atoms with E-state index in [1.54, 1.807) is 6.92 Å². The summed E-state index contributed by atoms with van der Waals surface area (Å²) >= 11 is 0. The molecular weight excluding hydrogens is 1640 g/mol. The fourth-order valence-corrected chi connectivity index (χ4v) is 93.0. The van der Waals surface area contributed by atoms with E-state index in [0.29, 0.717) is 43.2 Å². The van der Waals surface area contributed by atoms with Gasteiger partial charge < -0.3 is 67.1 Å². The molecule has 0 aromatic rings. The topological polar surface area (TPSA) is 182 Å². The fourth-order valence-electron chi connectivity index (χ4n) is 10.8. The van der Waals surface area contributed by atoms with E-state index in [9.17, 15) is 9.59 Å². The van der Waals surface area contributed by atoms with Crippen LogP contribution in [0.5, 0.6) is 0 Å². The van der Waals surface area contributed by atoms with Crippen LogP contribution >= 0.6 is 0 Å². The van der Waals surface area contributed by atoms with Crippen LogP contribution in [0.15, 0.2) is 24.8 Å². The van der Waals surface area contributed by atoms with E-state index in [0.717, 1.165) is 66.5 Å². The van der Waals surface area contributed by atoms with E-state index in [1.165, 1.54) is 6.08 Å². The van der Waals surface area contributed by atoms with Gasteiger partial charge in [-0.3, -0.25) is 0 Å². The maximum atomic E-state index is 12.2. The van der Waals surface area contributed by atoms with Crippen LogP contribution in [0.25, 0.3) is 0 Å². The maximum Gasteiger partial charge on any atom is 0.469 e. The zero-order valence-corrected chi connectivity index (χ0v) is 96.7. The molecule has 0 rings (SSSR count). The molecule has 101 heavy (non-hydrogen) atoms. The molecule has 0 aliphatic carbocycles. The summed E-state index contributed by atoms with van der Waals surface area (Å²) in [6.07, 6.45) is 2.47. The van der Waals surface area contributed by atoms with Crippen molar-refractivity contribution in [2.75, 3.05) is 13.2 Å². The normalized spacial score (nSPS) is 16.0. The Morgan fingerprint density at radius 2 is 0.495 bits per heavy atom. The van der Waals surface area contributed by atoms with Crippen LogP contribution in [0.1, 0.15) is 19.8 Å². The molecule has 0 radical (unpaired) electrons. The summed E-state index contributed by atoms with van der Waals surface area (Å²) in [6.45, 7) is 91.7. The molecule has 0 unspecified atom stereocenters. The third-order valence-corrected chi connectivity index (χ3v) is 87.0. The molecule has 602 valence electrons. The standard InChI is InChI=1S/C33H88O10Si12.C28H74O8Si10/c1-23-33(34)35-25-24-28-54(41-51(17,18)29-26-44-36-46(2,3)4,42-52(19,20)30-27-45-37-47(5,6)7)43-53(21,22)31-32-55(38-48(8,9)10,39-49(11,12)13)40-50(14,15)16;1-27(2)28(29)30-19-18-23-46(34-43(12,13)24-20-37-31-40(3,4)5,35-44(14,15)25-21-38-32-41(6,7)8)36-45(16,17)26-22-39-33-42(9,10)11/h23H,1,24-32,44-45H2,2-22H3;1,18-26,37-39H2,2-17H3. The number of hydrogen-bond donors (Lipinski definition) is 0. The molecule has 0 aromatic carbocycles. The Balaban J connectivity index is 0. The van der Waals surface area contributed by atoms with Gasteiger partial charge in [0, 0.05) is 29.8 Å². The monoisotopic (exact) mass is 1800 g/mol. The Hall–Kier alpha value is 2.63. The first-order chi connectivity index (χ1) is 44.9. The summed E-state index contributed by atoms with van der Waals surface area (Å²) in [6, 6.07) is 13.4. The molecule has 0 amide bonds. The minimum Gasteiger partial charge on any atom is -0.463 e. The number of carbonyl (C=O) groups excluding carboxylic acids is 2. The van der Waals surface area contributed by atoms with Gasteiger partial charge in [0.15, 0.2) is 116 Å². The molecule has 40 heteroatoms. The summed E-state index contributed by atoms with van der Waals surface area (Å²) in [5, 5.41) is 0. The SMILES string of the molecule is C=C(C)C(=O)OCCC[Si](O[Si](C)(C)CC[SiH2]O[Si](C)(C)C)(O[Si](C)(C)CC[SiH2]O[Si](C)(C)C)O[Si](C)(C)CC[SiH2]O[Si](C)(C)C.C=CC(=O)OCCC[Si](O[Si](C)(C)CC[SiH2]O[Si](C)(C)C)(O[Si](C)(C)CC[SiH2]O[Si](C)(C)C)O[Si](C)(C)CC[Si](O[Si](C)(C)C)(O[Si](C)(C)C)O[Si](C)(C)C. The van der Waals surface area contributed by atoms with Gasteiger partial charge in [0.1, 0.15) is 48.8 Å². The second-order valence-electron chi connectivity index (χ2n) is 39.2. The molecule has 0 aliphatic rings. The Labute approximate surface area is 652 Å². The van der Waals surface area contributed by atoms with Crippen molar-refractivity contribution < 1.29 is 76.7 Å². The van der Waals surface area contributed by atoms with Crippen LogP contribution in [0.4, 0.5) is 0 Å². The Kier molecular flexibility index (Phi) is 47.0. The summed E-state index contributed by atoms with van der Waals surface area (Å²) in [4.78, 5) is 24.3. The number of rotatable bonds is 56. The highest BCUT2D eigenvalue weighted by molar-refractivity contribution is 6.94. The summed E-state index contributed by atoms with van der Waals surface area (Å²) in [5.41, 5.74) is 0.419. The summed E-state index contributed by atoms with van der Waals surface area (Å²) in [5.74, 6) is -0.761. The molecule has 0 saturated carbocycles. The van der Waals surface area contributed by atoms with Crippen molar-refractivity contribution in [3.05, 3.63) is 24.8 Å². The van der Waals surface area contributed by atoms with Gasteiger partial charge in [-0.1, -0.05) is 13.2 Å². The maximum absolute atomic E-state index is 12.2. The molecule has 0 atom stereocenters. The van der Waals surface area contributed by atoms with Gasteiger partial charge in [-0.05, 0) is 322 Å². The number of carbonyl (C=O) groups is 2. The minimum atomic E-state index is -3.36. The van der Waals surface area contributed by atoms with Gasteiger partial charge >= 0.3 is 38.4 Å². The van der Waals surface area contributed by atoms with E-state index in [-0.39, 0.29) is 12.6 Å². The third-order valence-electron chi connectivity index (χ3n) is 14.5. The van der Waals surface area contributed by atoms with Crippen molar-refractivity contribution in [1.82, 2.24) is 0 Å². The van der Waals surface area contributed by atoms with Gasteiger partial charge in [0.25, 0.3) is 0 Å². The lowest BCUT2D eigenvalue weighted by atomic mass is 10.4. The largest absolute Gasteiger partial charge is 0.469 e. The highest BCUT2D eigenvalue weighted by Gasteiger charge is 2.56. The van der Waals surface area contributed by atoms with Crippen LogP contribution in [0.2, 0.25) is 320 Å². The van der Waals surface area contributed by atoms with Crippen LogP contribution in [0.3, 0.4) is 0 Å². The molecule has 0 bridgehead atoms. The van der Waals surface area contributed by atoms with Gasteiger partial charge in [0.05, 0.1) is 13.2 Å². The number of ether oxygens (including phenoxy) is 2. The molecule has 0 spiro atoms. The Bertz CT molecular complexity index is 2230. The van der Waals surface area contributed by atoms with Crippen molar-refractivity contribution in [3.63, 3.8) is 0 Å². The molecule has 18 nitrogen and oxygen atoms in total. The van der Waals surface area contributed by atoms with E-state index < -0.39 is 198 Å². The second kappa shape index (κ2) is 44.9. The van der Waals surface area contributed by atoms with Crippen LogP contribution in [-0.2, 0) is 76.7 Å². The van der Waals surface area contributed by atoms with Crippen LogP contribution in [-0.4, -0.2) is 217 Å². The lowest BCUT2D eigenvalue weighted by Crippen LogP contribution is -2.63. The molecule has 0 aromatic heterocycles. The first-order valence-electron chi connectivity index (χ1n) is 38.0. The Morgan fingerprint density at radius 3 is 0.693 bits per heavy atom. The zero-order chi connectivity index (χ0) is 79.5. The van der Waals surface area contributed by atoms with E-state index in [4.69, 9.17) is 67.1 Å². The van der Waals surface area contributed by atoms with Crippen molar-refractivity contribution in [1.29, 1.82) is 0 Å². The fraction of sp³-hybridized carbons (Fsp3) is 0.902. The number of esters is 2. The van der Waals surface area contributed by atoms with Crippen LogP contribution in [0, 0.1) is 0 Å². The average molecular weight is 1800 g/mol. The second-order valence-corrected chi connectivity index (χ2v) is 121. The van der Waals surface area contributed by atoms with Crippen molar-refractivity contribution in [2.45, 2.75) is 340 Å². The predicted molar refractivity (Wildman–Crippen MR) is 490 cm³/mol. The van der Waals surface area contributed by atoms with Crippen LogP contribution < -0.4 is 0 Å². The van der Waals surface area contributed by atoms with Crippen molar-refractivity contribution in [3.8, 4) is 0 Å². The van der Waals surface area contributed by atoms with E-state index in [1.807, 2.05) is 0 Å². The molecule has 0 aliphatic heterocycles. The molecule has 0 fully saturated rings. The van der Waals surface area contributed by atoms with E-state index >= 15 is 0 Å². The predicted octanol–water partition coefficient (Wildman–Crippen LogP) is 17.1. The lowest BCUT2D eigenvalue weighted by Gasteiger charge is -2.46. The van der Waals surface area contributed by atoms with E-state index in [2.05, 4.69) is 249 Å². The lowest BCUT2D eigenvalue weighted by molar-refractivity contribution is -0.139. The quantitative estimate of drug-likeness (QED) is 0.0242. The van der Waals surface area contributed by atoms with Crippen molar-refractivity contribution >= 4 is 204 Å². The molecule has 0 N–H and O–H groups in total. The smallest absolute Gasteiger partial charge is 0.463 e. The van der Waals surface area contributed by atoms with Gasteiger partial charge in [-0.25, -0.2) is 9.59 Å². The molecular formula is C61H162O18Si22. The number of hydrogen-bond acceptors (Lipinski definition) is 18. The van der Waals surface area contributed by atoms with Gasteiger partial charge in [-0.2, -0.15) is 0 Å². The summed E-state index contributed by atoms with van der Waals surface area (Å²) < 4.78 is 109. The minimum absolute atomic E-state index is 0.268. The Morgan fingerprint density at radius 1 is 0.287 bits per heavy atom. The van der Waals surface area contributed by atoms with Crippen molar-refractivity contribution in [2.24, 2.45) is 0 Å². The first-order valence-corrected chi connectivity index (χ1v) is 97.7. The molecule has 0 heterocycles. The highest BCUT2D eigenvalue weighted by Crippen LogP contribution is 2.39. The van der Waals surface area contributed by atoms with Gasteiger partial charge in [-0.15, -0.1) is 0 Å². The third kappa shape index (κ3) is 60.9. The zero-order valence-electron chi connectivity index (χ0n) is 72.6. The molecule has 0 saturated heterocycles.